The molecule has 7 heteroatoms. The number of thioether (sulfide) groups is 1. The van der Waals surface area contributed by atoms with Gasteiger partial charge in [0.15, 0.2) is 11.0 Å². The Morgan fingerprint density at radius 2 is 1.78 bits per heavy atom. The van der Waals surface area contributed by atoms with Crippen LogP contribution in [-0.2, 0) is 0 Å². The first kappa shape index (κ1) is 17.2. The highest BCUT2D eigenvalue weighted by molar-refractivity contribution is 7.98. The van der Waals surface area contributed by atoms with Gasteiger partial charge in [0.25, 0.3) is 0 Å². The molecule has 23 heavy (non-hydrogen) atoms. The van der Waals surface area contributed by atoms with Crippen molar-refractivity contribution in [1.82, 2.24) is 9.97 Å². The zero-order valence-corrected chi connectivity index (χ0v) is 13.6. The highest BCUT2D eigenvalue weighted by Crippen LogP contribution is 2.30. The fourth-order valence-corrected chi connectivity index (χ4v) is 2.58. The van der Waals surface area contributed by atoms with Crippen molar-refractivity contribution in [3.05, 3.63) is 35.9 Å². The van der Waals surface area contributed by atoms with Gasteiger partial charge in [-0.3, -0.25) is 0 Å². The van der Waals surface area contributed by atoms with Crippen LogP contribution in [0, 0.1) is 11.3 Å². The third-order valence-corrected chi connectivity index (χ3v) is 3.80. The lowest BCUT2D eigenvalue weighted by Gasteiger charge is -2.24. The van der Waals surface area contributed by atoms with Gasteiger partial charge in [-0.1, -0.05) is 42.1 Å². The lowest BCUT2D eigenvalue weighted by Crippen LogP contribution is -2.31. The first-order chi connectivity index (χ1) is 11.2. The van der Waals surface area contributed by atoms with Crippen LogP contribution < -0.4 is 4.90 Å². The number of anilines is 1. The molecule has 1 aromatic heterocycles. The van der Waals surface area contributed by atoms with Gasteiger partial charge in [0.05, 0.1) is 18.9 Å². The van der Waals surface area contributed by atoms with Crippen molar-refractivity contribution in [3.63, 3.8) is 0 Å². The van der Waals surface area contributed by atoms with Gasteiger partial charge in [0.1, 0.15) is 11.6 Å². The molecule has 1 heterocycles. The van der Waals surface area contributed by atoms with Crippen LogP contribution in [0.1, 0.15) is 5.56 Å². The van der Waals surface area contributed by atoms with E-state index < -0.39 is 0 Å². The summed E-state index contributed by atoms with van der Waals surface area (Å²) in [5.74, 6) is 0.439. The van der Waals surface area contributed by atoms with Crippen LogP contribution in [0.4, 0.5) is 5.82 Å². The molecule has 0 bridgehead atoms. The van der Waals surface area contributed by atoms with Crippen LogP contribution in [0.3, 0.4) is 0 Å². The van der Waals surface area contributed by atoms with Gasteiger partial charge in [0, 0.05) is 18.7 Å². The van der Waals surface area contributed by atoms with Crippen LogP contribution in [0.25, 0.3) is 11.3 Å². The summed E-state index contributed by atoms with van der Waals surface area (Å²) in [6.45, 7) is 0.386. The van der Waals surface area contributed by atoms with Gasteiger partial charge in [-0.05, 0) is 6.26 Å². The van der Waals surface area contributed by atoms with Gasteiger partial charge >= 0.3 is 0 Å². The van der Waals surface area contributed by atoms with Crippen LogP contribution in [0.15, 0.2) is 35.5 Å². The van der Waals surface area contributed by atoms with Crippen molar-refractivity contribution in [2.45, 2.75) is 5.16 Å². The lowest BCUT2D eigenvalue weighted by molar-refractivity contribution is 0.280. The molecular formula is C16H18N4O2S. The van der Waals surface area contributed by atoms with E-state index in [1.165, 1.54) is 11.8 Å². The third-order valence-electron chi connectivity index (χ3n) is 3.25. The van der Waals surface area contributed by atoms with E-state index in [1.807, 2.05) is 36.6 Å². The number of aliphatic hydroxyl groups excluding tert-OH is 2. The molecule has 2 rings (SSSR count). The summed E-state index contributed by atoms with van der Waals surface area (Å²) in [5, 5.41) is 28.7. The highest BCUT2D eigenvalue weighted by atomic mass is 32.2. The number of hydrogen-bond donors (Lipinski definition) is 2. The molecule has 6 nitrogen and oxygen atoms in total. The van der Waals surface area contributed by atoms with E-state index in [-0.39, 0.29) is 26.3 Å². The second-order valence-electron chi connectivity index (χ2n) is 4.67. The van der Waals surface area contributed by atoms with Gasteiger partial charge < -0.3 is 15.1 Å². The summed E-state index contributed by atoms with van der Waals surface area (Å²) in [6, 6.07) is 11.6. The molecule has 2 aromatic rings. The predicted octanol–water partition coefficient (Wildman–Crippen LogP) is 1.53. The van der Waals surface area contributed by atoms with Crippen LogP contribution in [-0.4, -0.2) is 52.7 Å². The fraction of sp³-hybridized carbons (Fsp3) is 0.312. The topological polar surface area (TPSA) is 93.3 Å². The van der Waals surface area contributed by atoms with Gasteiger partial charge in [-0.2, -0.15) is 5.26 Å². The Morgan fingerprint density at radius 1 is 1.13 bits per heavy atom. The molecule has 0 saturated carbocycles. The van der Waals surface area contributed by atoms with E-state index >= 15 is 0 Å². The van der Waals surface area contributed by atoms with Crippen molar-refractivity contribution in [2.24, 2.45) is 0 Å². The molecule has 120 valence electrons. The molecular weight excluding hydrogens is 312 g/mol. The minimum Gasteiger partial charge on any atom is -0.395 e. The van der Waals surface area contributed by atoms with E-state index in [9.17, 15) is 15.5 Å². The Kier molecular flexibility index (Phi) is 6.35. The monoisotopic (exact) mass is 330 g/mol. The minimum absolute atomic E-state index is 0.0931. The summed E-state index contributed by atoms with van der Waals surface area (Å²) >= 11 is 1.38. The van der Waals surface area contributed by atoms with Crippen molar-refractivity contribution in [1.29, 1.82) is 5.26 Å². The molecule has 0 fully saturated rings. The number of nitrogens with zero attached hydrogens (tertiary/aromatic N) is 4. The standard InChI is InChI=1S/C16H18N4O2S/c1-23-16-18-14(12-5-3-2-4-6-12)13(11-17)15(19-16)20(7-9-21)8-10-22/h2-6,21-22H,7-10H2,1H3. The van der Waals surface area contributed by atoms with Crippen molar-refractivity contribution in [2.75, 3.05) is 37.5 Å². The van der Waals surface area contributed by atoms with Gasteiger partial charge in [-0.15, -0.1) is 0 Å². The Bertz CT molecular complexity index is 682. The fourth-order valence-electron chi connectivity index (χ4n) is 2.22. The molecule has 0 saturated heterocycles. The zero-order valence-electron chi connectivity index (χ0n) is 12.8. The number of nitriles is 1. The predicted molar refractivity (Wildman–Crippen MR) is 90.3 cm³/mol. The second kappa shape index (κ2) is 8.48. The van der Waals surface area contributed by atoms with Gasteiger partial charge in [-0.25, -0.2) is 9.97 Å². The average Bonchev–Trinajstić information content (AvgIpc) is 2.61. The van der Waals surface area contributed by atoms with Crippen molar-refractivity contribution in [3.8, 4) is 17.3 Å². The SMILES string of the molecule is CSc1nc(-c2ccccc2)c(C#N)c(N(CCO)CCO)n1. The maximum absolute atomic E-state index is 9.62. The Balaban J connectivity index is 2.64. The number of rotatable bonds is 7. The van der Waals surface area contributed by atoms with Crippen LogP contribution in [0.2, 0.25) is 0 Å². The van der Waals surface area contributed by atoms with E-state index in [0.717, 1.165) is 5.56 Å². The Hall–Kier alpha value is -2.14. The van der Waals surface area contributed by atoms with E-state index in [0.29, 0.717) is 22.2 Å². The van der Waals surface area contributed by atoms with E-state index in [2.05, 4.69) is 16.0 Å². The average molecular weight is 330 g/mol. The maximum Gasteiger partial charge on any atom is 0.189 e. The summed E-state index contributed by atoms with van der Waals surface area (Å²) in [5.41, 5.74) is 1.73. The van der Waals surface area contributed by atoms with Gasteiger partial charge in [0.2, 0.25) is 0 Å². The third kappa shape index (κ3) is 3.99. The van der Waals surface area contributed by atoms with Crippen molar-refractivity contribution >= 4 is 17.6 Å². The van der Waals surface area contributed by atoms with E-state index in [4.69, 9.17) is 0 Å². The molecule has 0 aliphatic heterocycles. The molecule has 0 aliphatic carbocycles. The lowest BCUT2D eigenvalue weighted by atomic mass is 10.1. The molecule has 1 aromatic carbocycles. The largest absolute Gasteiger partial charge is 0.395 e. The quantitative estimate of drug-likeness (QED) is 0.587. The van der Waals surface area contributed by atoms with E-state index in [1.54, 1.807) is 4.90 Å². The first-order valence-corrected chi connectivity index (χ1v) is 8.35. The Labute approximate surface area is 139 Å². The first-order valence-electron chi connectivity index (χ1n) is 7.13. The molecule has 0 aliphatic rings. The Morgan fingerprint density at radius 3 is 2.30 bits per heavy atom. The molecule has 0 unspecified atom stereocenters. The molecule has 0 radical (unpaired) electrons. The smallest absolute Gasteiger partial charge is 0.189 e. The highest BCUT2D eigenvalue weighted by Gasteiger charge is 2.20. The number of aliphatic hydroxyl groups is 2. The maximum atomic E-state index is 9.62. The molecule has 2 N–H and O–H groups in total. The van der Waals surface area contributed by atoms with Crippen LogP contribution in [0.5, 0.6) is 0 Å². The second-order valence-corrected chi connectivity index (χ2v) is 5.44. The summed E-state index contributed by atoms with van der Waals surface area (Å²) in [7, 11) is 0. The summed E-state index contributed by atoms with van der Waals surface area (Å²) in [4.78, 5) is 10.6. The molecule has 0 amide bonds. The molecule has 0 atom stereocenters. The number of hydrogen-bond acceptors (Lipinski definition) is 7. The normalized spacial score (nSPS) is 10.3. The molecule has 0 spiro atoms. The summed E-state index contributed by atoms with van der Waals surface area (Å²) in [6.07, 6.45) is 1.86. The summed E-state index contributed by atoms with van der Waals surface area (Å²) < 4.78 is 0. The number of benzene rings is 1. The number of aromatic nitrogens is 2. The van der Waals surface area contributed by atoms with Crippen molar-refractivity contribution < 1.29 is 10.2 Å². The van der Waals surface area contributed by atoms with Crippen LogP contribution >= 0.6 is 11.8 Å². The minimum atomic E-state index is -0.0931. The zero-order chi connectivity index (χ0) is 16.7.